The van der Waals surface area contributed by atoms with Gasteiger partial charge in [0, 0.05) is 11.1 Å². The van der Waals surface area contributed by atoms with Gasteiger partial charge in [0.25, 0.3) is 0 Å². The Balaban J connectivity index is 1.28. The standard InChI is InChI=1S/C35H36FNO6/c1-24-29(21-35(17-18-35)22-31(38)39)33-30(36)16-13-26(34(33)37(24)23-32(40)41)12-9-25-10-14-28(15-11-25)43-20-6-5-19-42-27-7-3-2-4-8-27/h2-4,7-16H,5-6,17-23H2,1H3,(H,38,39)(H,40,41). The maximum absolute atomic E-state index is 15.3. The van der Waals surface area contributed by atoms with Gasteiger partial charge in [-0.25, -0.2) is 4.39 Å². The number of rotatable bonds is 15. The van der Waals surface area contributed by atoms with Crippen LogP contribution in [0.2, 0.25) is 0 Å². The first-order valence-electron chi connectivity index (χ1n) is 14.6. The monoisotopic (exact) mass is 585 g/mol. The lowest BCUT2D eigenvalue weighted by Crippen LogP contribution is -2.13. The second kappa shape index (κ2) is 13.2. The minimum Gasteiger partial charge on any atom is -0.494 e. The number of carboxylic acid groups (broad SMARTS) is 2. The molecule has 3 aromatic carbocycles. The van der Waals surface area contributed by atoms with Crippen molar-refractivity contribution in [2.24, 2.45) is 5.41 Å². The second-order valence-electron chi connectivity index (χ2n) is 11.3. The number of nitrogens with zero attached hydrogens (tertiary/aromatic N) is 1. The summed E-state index contributed by atoms with van der Waals surface area (Å²) in [6.07, 6.45) is 7.44. The molecule has 0 radical (unpaired) electrons. The molecule has 43 heavy (non-hydrogen) atoms. The van der Waals surface area contributed by atoms with Crippen LogP contribution in [0.15, 0.2) is 66.7 Å². The van der Waals surface area contributed by atoms with Gasteiger partial charge >= 0.3 is 11.9 Å². The van der Waals surface area contributed by atoms with Crippen molar-refractivity contribution in [3.05, 3.63) is 94.9 Å². The summed E-state index contributed by atoms with van der Waals surface area (Å²) in [5.74, 6) is -0.721. The summed E-state index contributed by atoms with van der Waals surface area (Å²) in [6.45, 7) is 2.69. The third kappa shape index (κ3) is 7.44. The Bertz CT molecular complexity index is 1620. The third-order valence-electron chi connectivity index (χ3n) is 8.05. The molecular weight excluding hydrogens is 549 g/mol. The Hall–Kier alpha value is -4.59. The van der Waals surface area contributed by atoms with E-state index in [1.165, 1.54) is 6.07 Å². The van der Waals surface area contributed by atoms with Crippen molar-refractivity contribution in [1.29, 1.82) is 0 Å². The molecule has 7 nitrogen and oxygen atoms in total. The molecule has 4 aromatic rings. The number of benzene rings is 3. The average molecular weight is 586 g/mol. The van der Waals surface area contributed by atoms with Gasteiger partial charge in [0.1, 0.15) is 23.9 Å². The van der Waals surface area contributed by atoms with Gasteiger partial charge < -0.3 is 24.3 Å². The van der Waals surface area contributed by atoms with Gasteiger partial charge in [0.05, 0.1) is 25.2 Å². The van der Waals surface area contributed by atoms with Gasteiger partial charge in [0.2, 0.25) is 0 Å². The molecule has 1 fully saturated rings. The van der Waals surface area contributed by atoms with Crippen molar-refractivity contribution < 1.29 is 33.7 Å². The first-order valence-corrected chi connectivity index (χ1v) is 14.6. The number of halogens is 1. The SMILES string of the molecule is Cc1c(CC2(CC(=O)O)CC2)c2c(F)ccc(C=Cc3ccc(OCCCCOc4ccccc4)cc3)c2n1CC(=O)O. The molecule has 0 bridgehead atoms. The van der Waals surface area contributed by atoms with Crippen LogP contribution in [0.25, 0.3) is 23.1 Å². The van der Waals surface area contributed by atoms with Crippen LogP contribution in [0.4, 0.5) is 4.39 Å². The van der Waals surface area contributed by atoms with Crippen LogP contribution in [0.3, 0.4) is 0 Å². The molecule has 2 N–H and O–H groups in total. The lowest BCUT2D eigenvalue weighted by molar-refractivity contribution is -0.139. The Kier molecular flexibility index (Phi) is 9.14. The average Bonchev–Trinajstić information content (AvgIpc) is 3.68. The normalized spacial score (nSPS) is 13.8. The predicted molar refractivity (Wildman–Crippen MR) is 164 cm³/mol. The van der Waals surface area contributed by atoms with E-state index in [-0.39, 0.29) is 13.0 Å². The van der Waals surface area contributed by atoms with Crippen LogP contribution < -0.4 is 9.47 Å². The van der Waals surface area contributed by atoms with Crippen molar-refractivity contribution in [3.63, 3.8) is 0 Å². The molecular formula is C35H36FNO6. The molecule has 0 saturated heterocycles. The molecule has 0 amide bonds. The van der Waals surface area contributed by atoms with E-state index in [4.69, 9.17) is 9.47 Å². The number of hydrogen-bond donors (Lipinski definition) is 2. The molecule has 1 saturated carbocycles. The number of aromatic nitrogens is 1. The molecule has 1 aromatic heterocycles. The van der Waals surface area contributed by atoms with Gasteiger partial charge in [-0.1, -0.05) is 42.5 Å². The minimum absolute atomic E-state index is 0.0155. The number of ether oxygens (including phenoxy) is 2. The second-order valence-corrected chi connectivity index (χ2v) is 11.3. The number of para-hydroxylation sites is 1. The molecule has 1 aliphatic carbocycles. The number of aliphatic carboxylic acids is 2. The van der Waals surface area contributed by atoms with Crippen molar-refractivity contribution in [2.45, 2.75) is 52.0 Å². The molecule has 0 atom stereocenters. The highest BCUT2D eigenvalue weighted by Crippen LogP contribution is 2.53. The maximum Gasteiger partial charge on any atom is 0.323 e. The molecule has 0 spiro atoms. The summed E-state index contributed by atoms with van der Waals surface area (Å²) in [5, 5.41) is 19.4. The van der Waals surface area contributed by atoms with Crippen molar-refractivity contribution in [3.8, 4) is 11.5 Å². The smallest absolute Gasteiger partial charge is 0.323 e. The van der Waals surface area contributed by atoms with Crippen molar-refractivity contribution in [1.82, 2.24) is 4.57 Å². The van der Waals surface area contributed by atoms with Crippen LogP contribution in [-0.4, -0.2) is 39.9 Å². The summed E-state index contributed by atoms with van der Waals surface area (Å²) in [4.78, 5) is 23.2. The van der Waals surface area contributed by atoms with E-state index < -0.39 is 23.2 Å². The Labute approximate surface area is 250 Å². The van der Waals surface area contributed by atoms with Gasteiger partial charge in [-0.15, -0.1) is 0 Å². The Morgan fingerprint density at radius 3 is 2.14 bits per heavy atom. The summed E-state index contributed by atoms with van der Waals surface area (Å²) in [6, 6.07) is 20.4. The highest BCUT2D eigenvalue weighted by Gasteiger charge is 2.45. The van der Waals surface area contributed by atoms with Crippen molar-refractivity contribution >= 4 is 35.0 Å². The summed E-state index contributed by atoms with van der Waals surface area (Å²) in [5.41, 5.74) is 3.05. The predicted octanol–water partition coefficient (Wildman–Crippen LogP) is 7.38. The van der Waals surface area contributed by atoms with Crippen LogP contribution in [0, 0.1) is 18.2 Å². The van der Waals surface area contributed by atoms with E-state index in [9.17, 15) is 19.8 Å². The first-order chi connectivity index (χ1) is 20.7. The Morgan fingerprint density at radius 2 is 1.53 bits per heavy atom. The van der Waals surface area contributed by atoms with Crippen LogP contribution in [-0.2, 0) is 22.6 Å². The third-order valence-corrected chi connectivity index (χ3v) is 8.05. The maximum atomic E-state index is 15.3. The molecule has 1 heterocycles. The number of carbonyl (C=O) groups is 2. The lowest BCUT2D eigenvalue weighted by atomic mass is 9.91. The molecule has 5 rings (SSSR count). The molecule has 0 aliphatic heterocycles. The number of carboxylic acids is 2. The van der Waals surface area contributed by atoms with Crippen molar-refractivity contribution in [2.75, 3.05) is 13.2 Å². The van der Waals surface area contributed by atoms with Crippen LogP contribution in [0.1, 0.15) is 54.5 Å². The first kappa shape index (κ1) is 29.9. The molecule has 0 unspecified atom stereocenters. The molecule has 8 heteroatoms. The zero-order chi connectivity index (χ0) is 30.4. The van der Waals surface area contributed by atoms with E-state index in [2.05, 4.69) is 0 Å². The summed E-state index contributed by atoms with van der Waals surface area (Å²) in [7, 11) is 0. The highest BCUT2D eigenvalue weighted by molar-refractivity contribution is 5.95. The highest BCUT2D eigenvalue weighted by atomic mass is 19.1. The molecule has 224 valence electrons. The topological polar surface area (TPSA) is 98.0 Å². The summed E-state index contributed by atoms with van der Waals surface area (Å²) < 4.78 is 28.6. The van der Waals surface area contributed by atoms with Gasteiger partial charge in [-0.05, 0) is 97.5 Å². The van der Waals surface area contributed by atoms with E-state index in [1.807, 2.05) is 66.7 Å². The Morgan fingerprint density at radius 1 is 0.884 bits per heavy atom. The van der Waals surface area contributed by atoms with E-state index in [0.717, 1.165) is 42.7 Å². The van der Waals surface area contributed by atoms with Crippen LogP contribution in [0.5, 0.6) is 11.5 Å². The quantitative estimate of drug-likeness (QED) is 0.112. The van der Waals surface area contributed by atoms with Crippen LogP contribution >= 0.6 is 0 Å². The minimum atomic E-state index is -1.03. The number of unbranched alkanes of at least 4 members (excludes halogenated alkanes) is 1. The zero-order valence-corrected chi connectivity index (χ0v) is 24.2. The van der Waals surface area contributed by atoms with Gasteiger partial charge in [-0.2, -0.15) is 0 Å². The fourth-order valence-electron chi connectivity index (χ4n) is 5.61. The van der Waals surface area contributed by atoms with Gasteiger partial charge in [-0.3, -0.25) is 9.59 Å². The fraction of sp³-hybridized carbons (Fsp3) is 0.314. The van der Waals surface area contributed by atoms with E-state index in [0.29, 0.717) is 47.4 Å². The molecule has 1 aliphatic rings. The van der Waals surface area contributed by atoms with Gasteiger partial charge in [0.15, 0.2) is 0 Å². The largest absolute Gasteiger partial charge is 0.494 e. The number of fused-ring (bicyclic) bond motifs is 1. The summed E-state index contributed by atoms with van der Waals surface area (Å²) >= 11 is 0. The lowest BCUT2D eigenvalue weighted by Gasteiger charge is -2.13. The van der Waals surface area contributed by atoms with E-state index >= 15 is 4.39 Å². The fourth-order valence-corrected chi connectivity index (χ4v) is 5.61. The van der Waals surface area contributed by atoms with E-state index in [1.54, 1.807) is 17.6 Å². The zero-order valence-electron chi connectivity index (χ0n) is 24.2. The number of hydrogen-bond acceptors (Lipinski definition) is 4.